The van der Waals surface area contributed by atoms with Crippen LogP contribution in [0.5, 0.6) is 5.75 Å². The van der Waals surface area contributed by atoms with E-state index in [1.165, 1.54) is 14.1 Å². The number of nitrogens with two attached hydrogens (primary N) is 1. The minimum Gasteiger partial charge on any atom is -0.482 e. The van der Waals surface area contributed by atoms with E-state index in [9.17, 15) is 21.6 Å². The lowest BCUT2D eigenvalue weighted by Gasteiger charge is -2.14. The van der Waals surface area contributed by atoms with Gasteiger partial charge in [0.05, 0.1) is 10.6 Å². The standard InChI is InChI=1S/C10H13F3N2O3S/c1-15(2)19(16,17)7-3-4-9(8(14)5-7)18-6-10(11,12)13/h3-5H,6,14H2,1-2H3. The molecule has 0 radical (unpaired) electrons. The maximum atomic E-state index is 12.0. The SMILES string of the molecule is CN(C)S(=O)(=O)c1ccc(OCC(F)(F)F)c(N)c1. The Labute approximate surface area is 108 Å². The smallest absolute Gasteiger partial charge is 0.422 e. The highest BCUT2D eigenvalue weighted by Crippen LogP contribution is 2.27. The largest absolute Gasteiger partial charge is 0.482 e. The third-order valence-electron chi connectivity index (χ3n) is 2.15. The molecule has 2 N–H and O–H groups in total. The van der Waals surface area contributed by atoms with Gasteiger partial charge >= 0.3 is 6.18 Å². The average molecular weight is 298 g/mol. The predicted molar refractivity (Wildman–Crippen MR) is 63.3 cm³/mol. The Balaban J connectivity index is 2.99. The van der Waals surface area contributed by atoms with Gasteiger partial charge in [0.2, 0.25) is 10.0 Å². The normalized spacial score (nSPS) is 12.7. The summed E-state index contributed by atoms with van der Waals surface area (Å²) in [6, 6.07) is 3.29. The Bertz CT molecular complexity index is 556. The molecule has 0 atom stereocenters. The van der Waals surface area contributed by atoms with Gasteiger partial charge in [0.25, 0.3) is 0 Å². The number of nitrogen functional groups attached to an aromatic ring is 1. The van der Waals surface area contributed by atoms with Crippen LogP contribution in [0.25, 0.3) is 0 Å². The third kappa shape index (κ3) is 4.00. The van der Waals surface area contributed by atoms with Crippen molar-refractivity contribution in [2.24, 2.45) is 0 Å². The molecule has 108 valence electrons. The van der Waals surface area contributed by atoms with Gasteiger partial charge in [-0.2, -0.15) is 13.2 Å². The van der Waals surface area contributed by atoms with Gasteiger partial charge in [-0.25, -0.2) is 12.7 Å². The van der Waals surface area contributed by atoms with Crippen LogP contribution in [0.4, 0.5) is 18.9 Å². The average Bonchev–Trinajstić information content (AvgIpc) is 2.25. The van der Waals surface area contributed by atoms with Gasteiger partial charge in [-0.3, -0.25) is 0 Å². The van der Waals surface area contributed by atoms with Crippen LogP contribution in [0.3, 0.4) is 0 Å². The van der Waals surface area contributed by atoms with E-state index in [2.05, 4.69) is 4.74 Å². The number of sulfonamides is 1. The lowest BCUT2D eigenvalue weighted by atomic mass is 10.3. The fourth-order valence-corrected chi connectivity index (χ4v) is 2.13. The molecule has 0 unspecified atom stereocenters. The highest BCUT2D eigenvalue weighted by Gasteiger charge is 2.29. The number of anilines is 1. The monoisotopic (exact) mass is 298 g/mol. The number of nitrogens with zero attached hydrogens (tertiary/aromatic N) is 1. The van der Waals surface area contributed by atoms with Crippen LogP contribution in [-0.2, 0) is 10.0 Å². The summed E-state index contributed by atoms with van der Waals surface area (Å²) in [6.07, 6.45) is -4.49. The van der Waals surface area contributed by atoms with Gasteiger partial charge in [0, 0.05) is 14.1 Å². The fourth-order valence-electron chi connectivity index (χ4n) is 1.19. The first kappa shape index (κ1) is 15.6. The number of halogens is 3. The van der Waals surface area contributed by atoms with Crippen LogP contribution < -0.4 is 10.5 Å². The van der Waals surface area contributed by atoms with Crippen molar-refractivity contribution in [2.45, 2.75) is 11.1 Å². The molecule has 1 rings (SSSR count). The number of benzene rings is 1. The summed E-state index contributed by atoms with van der Waals surface area (Å²) in [6.45, 7) is -1.49. The summed E-state index contributed by atoms with van der Waals surface area (Å²) in [5.41, 5.74) is 5.30. The third-order valence-corrected chi connectivity index (χ3v) is 3.96. The van der Waals surface area contributed by atoms with Gasteiger partial charge in [-0.1, -0.05) is 0 Å². The second kappa shape index (κ2) is 5.25. The Kier molecular flexibility index (Phi) is 4.31. The summed E-state index contributed by atoms with van der Waals surface area (Å²) in [4.78, 5) is -0.116. The molecule has 0 saturated heterocycles. The van der Waals surface area contributed by atoms with E-state index in [0.29, 0.717) is 0 Å². The van der Waals surface area contributed by atoms with E-state index in [1.54, 1.807) is 0 Å². The fraction of sp³-hybridized carbons (Fsp3) is 0.400. The molecule has 0 bridgehead atoms. The molecule has 0 saturated carbocycles. The van der Waals surface area contributed by atoms with Crippen LogP contribution in [0.2, 0.25) is 0 Å². The van der Waals surface area contributed by atoms with Crippen LogP contribution >= 0.6 is 0 Å². The Morgan fingerprint density at radius 1 is 1.32 bits per heavy atom. The first-order valence-corrected chi connectivity index (χ1v) is 6.49. The van der Waals surface area contributed by atoms with E-state index in [-0.39, 0.29) is 16.3 Å². The van der Waals surface area contributed by atoms with Gasteiger partial charge < -0.3 is 10.5 Å². The molecule has 0 heterocycles. The molecule has 0 fully saturated rings. The highest BCUT2D eigenvalue weighted by molar-refractivity contribution is 7.89. The van der Waals surface area contributed by atoms with Crippen LogP contribution in [-0.4, -0.2) is 39.6 Å². The Morgan fingerprint density at radius 2 is 1.89 bits per heavy atom. The molecule has 0 aliphatic heterocycles. The van der Waals surface area contributed by atoms with Crippen molar-refractivity contribution in [1.82, 2.24) is 4.31 Å². The zero-order valence-electron chi connectivity index (χ0n) is 10.2. The molecular formula is C10H13F3N2O3S. The molecule has 0 amide bonds. The molecule has 0 aliphatic carbocycles. The van der Waals surface area contributed by atoms with E-state index >= 15 is 0 Å². The minimum absolute atomic E-state index is 0.116. The summed E-state index contributed by atoms with van der Waals surface area (Å²) in [5.74, 6) is -0.213. The number of hydrogen-bond acceptors (Lipinski definition) is 4. The van der Waals surface area contributed by atoms with Crippen LogP contribution in [0, 0.1) is 0 Å². The maximum Gasteiger partial charge on any atom is 0.422 e. The van der Waals surface area contributed by atoms with Crippen molar-refractivity contribution >= 4 is 15.7 Å². The molecule has 19 heavy (non-hydrogen) atoms. The highest BCUT2D eigenvalue weighted by atomic mass is 32.2. The number of hydrogen-bond donors (Lipinski definition) is 1. The number of rotatable bonds is 4. The number of ether oxygens (including phenoxy) is 1. The van der Waals surface area contributed by atoms with Crippen molar-refractivity contribution < 1.29 is 26.3 Å². The molecule has 0 aliphatic rings. The van der Waals surface area contributed by atoms with Gasteiger partial charge in [0.15, 0.2) is 6.61 Å². The van der Waals surface area contributed by atoms with Crippen LogP contribution in [0.1, 0.15) is 0 Å². The maximum absolute atomic E-state index is 12.0. The quantitative estimate of drug-likeness (QED) is 0.854. The number of alkyl halides is 3. The molecule has 5 nitrogen and oxygen atoms in total. The minimum atomic E-state index is -4.49. The second-order valence-electron chi connectivity index (χ2n) is 3.89. The summed E-state index contributed by atoms with van der Waals surface area (Å²) >= 11 is 0. The van der Waals surface area contributed by atoms with Gasteiger partial charge in [-0.15, -0.1) is 0 Å². The molecule has 1 aromatic rings. The summed E-state index contributed by atoms with van der Waals surface area (Å²) in [7, 11) is -1.02. The Morgan fingerprint density at radius 3 is 2.32 bits per heavy atom. The lowest BCUT2D eigenvalue weighted by molar-refractivity contribution is -0.153. The summed E-state index contributed by atoms with van der Waals surface area (Å²) in [5, 5.41) is 0. The summed E-state index contributed by atoms with van der Waals surface area (Å²) < 4.78 is 64.9. The lowest BCUT2D eigenvalue weighted by Crippen LogP contribution is -2.22. The topological polar surface area (TPSA) is 72.6 Å². The van der Waals surface area contributed by atoms with Crippen molar-refractivity contribution in [2.75, 3.05) is 26.4 Å². The van der Waals surface area contributed by atoms with E-state index < -0.39 is 22.8 Å². The predicted octanol–water partition coefficient (Wildman–Crippen LogP) is 1.46. The molecule has 0 spiro atoms. The van der Waals surface area contributed by atoms with E-state index in [0.717, 1.165) is 22.5 Å². The molecule has 1 aromatic carbocycles. The Hall–Kier alpha value is -1.48. The first-order valence-electron chi connectivity index (χ1n) is 5.05. The van der Waals surface area contributed by atoms with Gasteiger partial charge in [-0.05, 0) is 18.2 Å². The van der Waals surface area contributed by atoms with Crippen LogP contribution in [0.15, 0.2) is 23.1 Å². The van der Waals surface area contributed by atoms with Crippen molar-refractivity contribution in [3.63, 3.8) is 0 Å². The van der Waals surface area contributed by atoms with E-state index in [1.807, 2.05) is 0 Å². The zero-order valence-corrected chi connectivity index (χ0v) is 11.0. The molecule has 9 heteroatoms. The molecular weight excluding hydrogens is 285 g/mol. The van der Waals surface area contributed by atoms with Crippen molar-refractivity contribution in [3.05, 3.63) is 18.2 Å². The van der Waals surface area contributed by atoms with Crippen molar-refractivity contribution in [3.8, 4) is 5.75 Å². The first-order chi connectivity index (χ1) is 8.54. The van der Waals surface area contributed by atoms with E-state index in [4.69, 9.17) is 5.73 Å². The van der Waals surface area contributed by atoms with Gasteiger partial charge in [0.1, 0.15) is 5.75 Å². The van der Waals surface area contributed by atoms with Crippen molar-refractivity contribution in [1.29, 1.82) is 0 Å². The molecule has 0 aromatic heterocycles. The second-order valence-corrected chi connectivity index (χ2v) is 6.04. The zero-order chi connectivity index (χ0) is 14.8.